The number of hydrogen-bond acceptors (Lipinski definition) is 7. The molecule has 202 valence electrons. The molecule has 3 heterocycles. The monoisotopic (exact) mass is 550 g/mol. The Morgan fingerprint density at radius 2 is 1.84 bits per heavy atom. The lowest BCUT2D eigenvalue weighted by Gasteiger charge is -2.32. The van der Waals surface area contributed by atoms with E-state index in [0.717, 1.165) is 23.8 Å². The molecule has 2 aromatic rings. The van der Waals surface area contributed by atoms with Crippen LogP contribution < -0.4 is 10.1 Å². The van der Waals surface area contributed by atoms with Gasteiger partial charge in [0.2, 0.25) is 11.8 Å². The van der Waals surface area contributed by atoms with E-state index in [1.54, 1.807) is 7.11 Å². The average Bonchev–Trinajstić information content (AvgIpc) is 3.59. The molecule has 2 aliphatic carbocycles. The first-order valence-electron chi connectivity index (χ1n) is 12.5. The number of imide groups is 1. The van der Waals surface area contributed by atoms with Gasteiger partial charge in [0.1, 0.15) is 11.6 Å². The Kier molecular flexibility index (Phi) is 6.08. The summed E-state index contributed by atoms with van der Waals surface area (Å²) in [4.78, 5) is 38.1. The van der Waals surface area contributed by atoms with Crippen LogP contribution in [0.5, 0.6) is 5.75 Å². The van der Waals surface area contributed by atoms with Crippen molar-refractivity contribution < 1.29 is 32.3 Å². The molecule has 1 N–H and O–H groups in total. The molecule has 1 aromatic carbocycles. The number of carbonyl (C=O) groups is 2. The molecule has 2 bridgehead atoms. The number of rotatable bonds is 6. The zero-order valence-electron chi connectivity index (χ0n) is 20.6. The number of ether oxygens (including phenoxy) is 1. The number of amides is 2. The summed E-state index contributed by atoms with van der Waals surface area (Å²) in [6.45, 7) is 0.187. The molecule has 12 heteroatoms. The molecule has 6 rings (SSSR count). The molecule has 0 radical (unpaired) electrons. The summed E-state index contributed by atoms with van der Waals surface area (Å²) in [5.41, 5.74) is 0.122. The van der Waals surface area contributed by atoms with Crippen LogP contribution >= 0.6 is 11.6 Å². The third-order valence-corrected chi connectivity index (χ3v) is 8.84. The Hall–Kier alpha value is -2.89. The lowest BCUT2D eigenvalue weighted by atomic mass is 9.70. The van der Waals surface area contributed by atoms with Crippen LogP contribution in [0, 0.1) is 29.6 Å². The molecule has 2 aliphatic heterocycles. The van der Waals surface area contributed by atoms with Gasteiger partial charge >= 0.3 is 6.18 Å². The van der Waals surface area contributed by atoms with E-state index in [9.17, 15) is 22.8 Å². The van der Waals surface area contributed by atoms with Crippen molar-refractivity contribution in [2.45, 2.75) is 24.7 Å². The Morgan fingerprint density at radius 3 is 2.47 bits per heavy atom. The van der Waals surface area contributed by atoms with Crippen molar-refractivity contribution in [1.82, 2.24) is 14.9 Å². The minimum Gasteiger partial charge on any atom is -0.497 e. The van der Waals surface area contributed by atoms with Gasteiger partial charge in [-0.2, -0.15) is 18.2 Å². The number of nitrogens with zero attached hydrogens (tertiary/aromatic N) is 3. The molecule has 38 heavy (non-hydrogen) atoms. The number of carbonyl (C=O) groups excluding carboxylic acids is 2. The van der Waals surface area contributed by atoms with Crippen molar-refractivity contribution in [3.05, 3.63) is 52.7 Å². The zero-order chi connectivity index (χ0) is 26.9. The van der Waals surface area contributed by atoms with E-state index in [1.165, 1.54) is 4.90 Å². The van der Waals surface area contributed by atoms with Crippen molar-refractivity contribution in [2.24, 2.45) is 29.6 Å². The van der Waals surface area contributed by atoms with E-state index in [1.807, 2.05) is 36.4 Å². The highest BCUT2D eigenvalue weighted by Crippen LogP contribution is 2.65. The van der Waals surface area contributed by atoms with Crippen LogP contribution in [0.4, 0.5) is 19.0 Å². The second kappa shape index (κ2) is 9.10. The molecule has 2 amide bonds. The maximum atomic E-state index is 13.5. The third kappa shape index (κ3) is 3.85. The number of likely N-dealkylation sites (tertiary alicyclic amines) is 1. The Labute approximate surface area is 222 Å². The van der Waals surface area contributed by atoms with E-state index < -0.39 is 23.6 Å². The topological polar surface area (TPSA) is 84.0 Å². The predicted molar refractivity (Wildman–Crippen MR) is 130 cm³/mol. The number of hydroxylamine groups is 2. The molecule has 0 unspecified atom stereocenters. The fraction of sp³-hybridized carbons (Fsp3) is 0.500. The summed E-state index contributed by atoms with van der Waals surface area (Å²) in [5, 5.41) is 4.52. The van der Waals surface area contributed by atoms with Crippen molar-refractivity contribution in [2.75, 3.05) is 32.6 Å². The number of fused-ring (bicyclic) bond motifs is 8. The molecule has 0 spiro atoms. The molecule has 7 atom stereocenters. The molecule has 4 fully saturated rings. The second-order valence-electron chi connectivity index (χ2n) is 10.3. The molecule has 8 nitrogen and oxygen atoms in total. The molecule has 2 saturated heterocycles. The molecular weight excluding hydrogens is 525 g/mol. The number of hydrogen-bond donors (Lipinski definition) is 1. The number of alkyl halides is 3. The van der Waals surface area contributed by atoms with Gasteiger partial charge in [-0.15, -0.1) is 0 Å². The number of aromatic nitrogens is 1. The van der Waals surface area contributed by atoms with E-state index in [-0.39, 0.29) is 65.6 Å². The lowest BCUT2D eigenvalue weighted by Crippen LogP contribution is -2.39. The number of halogens is 4. The SMILES string of the molecule is COc1ccc([C@@H]2[C@@H]3[C@H]4C[C@@H]([C@@H]3ON2C)[C@H]2C(=O)N(CCNc3ncc(C(F)(F)F)cc3Cl)C(=O)[C@H]42)cc1. The standard InChI is InChI=1S/C26H26ClF3N4O4/c1-33-21(12-3-5-14(37-2)6-4-12)20-15-10-16(22(20)38-33)19-18(15)24(35)34(25(19)36)8-7-31-23-17(27)9-13(11-32-23)26(28,29)30/h3-6,9,11,15-16,18-22H,7-8,10H2,1-2H3,(H,31,32)/t15-,16+,18+,19+,20-,21+,22-/m0/s1. The zero-order valence-corrected chi connectivity index (χ0v) is 21.4. The first kappa shape index (κ1) is 25.4. The quantitative estimate of drug-likeness (QED) is 0.544. The third-order valence-electron chi connectivity index (χ3n) is 8.55. The predicted octanol–water partition coefficient (Wildman–Crippen LogP) is 4.03. The van der Waals surface area contributed by atoms with Gasteiger partial charge in [-0.3, -0.25) is 19.3 Å². The van der Waals surface area contributed by atoms with Crippen molar-refractivity contribution in [1.29, 1.82) is 0 Å². The molecular formula is C26H26ClF3N4O4. The Morgan fingerprint density at radius 1 is 1.16 bits per heavy atom. The van der Waals surface area contributed by atoms with E-state index >= 15 is 0 Å². The minimum atomic E-state index is -4.55. The molecule has 1 aromatic heterocycles. The van der Waals surface area contributed by atoms with Gasteiger partial charge in [-0.1, -0.05) is 23.7 Å². The Bertz CT molecular complexity index is 1280. The maximum Gasteiger partial charge on any atom is 0.417 e. The summed E-state index contributed by atoms with van der Waals surface area (Å²) >= 11 is 5.96. The molecule has 4 aliphatic rings. The highest BCUT2D eigenvalue weighted by Gasteiger charge is 2.71. The summed E-state index contributed by atoms with van der Waals surface area (Å²) in [7, 11) is 3.51. The van der Waals surface area contributed by atoms with Gasteiger partial charge in [-0.05, 0) is 36.1 Å². The van der Waals surface area contributed by atoms with Crippen molar-refractivity contribution in [3.63, 3.8) is 0 Å². The summed E-state index contributed by atoms with van der Waals surface area (Å²) in [5.74, 6) is -0.318. The maximum absolute atomic E-state index is 13.5. The first-order chi connectivity index (χ1) is 18.1. The summed E-state index contributed by atoms with van der Waals surface area (Å²) in [6.07, 6.45) is -3.22. The van der Waals surface area contributed by atoms with Gasteiger partial charge in [0.15, 0.2) is 0 Å². The first-order valence-corrected chi connectivity index (χ1v) is 12.8. The van der Waals surface area contributed by atoms with Gasteiger partial charge < -0.3 is 10.1 Å². The van der Waals surface area contributed by atoms with Crippen LogP contribution in [0.3, 0.4) is 0 Å². The lowest BCUT2D eigenvalue weighted by molar-refractivity contribution is -0.164. The minimum absolute atomic E-state index is 0.0208. The van der Waals surface area contributed by atoms with E-state index in [4.69, 9.17) is 21.2 Å². The largest absolute Gasteiger partial charge is 0.497 e. The van der Waals surface area contributed by atoms with Gasteiger partial charge in [-0.25, -0.2) is 4.98 Å². The second-order valence-corrected chi connectivity index (χ2v) is 10.7. The molecule has 2 saturated carbocycles. The van der Waals surface area contributed by atoms with E-state index in [2.05, 4.69) is 10.3 Å². The van der Waals surface area contributed by atoms with Crippen LogP contribution in [0.25, 0.3) is 0 Å². The van der Waals surface area contributed by atoms with Crippen LogP contribution in [-0.2, 0) is 20.6 Å². The van der Waals surface area contributed by atoms with Crippen LogP contribution in [0.1, 0.15) is 23.6 Å². The fourth-order valence-corrected chi connectivity index (χ4v) is 7.30. The van der Waals surface area contributed by atoms with Crippen LogP contribution in [0.2, 0.25) is 5.02 Å². The fourth-order valence-electron chi connectivity index (χ4n) is 7.07. The van der Waals surface area contributed by atoms with Crippen molar-refractivity contribution >= 4 is 29.2 Å². The summed E-state index contributed by atoms with van der Waals surface area (Å²) < 4.78 is 43.9. The van der Waals surface area contributed by atoms with Gasteiger partial charge in [0.25, 0.3) is 0 Å². The normalized spacial score (nSPS) is 32.2. The number of methoxy groups -OCH3 is 1. The van der Waals surface area contributed by atoms with Crippen LogP contribution in [0.15, 0.2) is 36.5 Å². The number of benzene rings is 1. The van der Waals surface area contributed by atoms with Gasteiger partial charge in [0, 0.05) is 38.2 Å². The number of pyridine rings is 1. The van der Waals surface area contributed by atoms with Gasteiger partial charge in [0.05, 0.1) is 41.7 Å². The van der Waals surface area contributed by atoms with Crippen molar-refractivity contribution in [3.8, 4) is 5.75 Å². The van der Waals surface area contributed by atoms with E-state index in [0.29, 0.717) is 6.20 Å². The number of anilines is 1. The smallest absolute Gasteiger partial charge is 0.417 e. The Balaban J connectivity index is 1.15. The highest BCUT2D eigenvalue weighted by molar-refractivity contribution is 6.33. The highest BCUT2D eigenvalue weighted by atomic mass is 35.5. The average molecular weight is 551 g/mol. The van der Waals surface area contributed by atoms with Crippen LogP contribution in [-0.4, -0.2) is 60.1 Å². The number of nitrogens with one attached hydrogen (secondary N) is 1. The summed E-state index contributed by atoms with van der Waals surface area (Å²) in [6, 6.07) is 8.59.